The molecule has 0 unspecified atom stereocenters. The van der Waals surface area contributed by atoms with Gasteiger partial charge in [0.25, 0.3) is 0 Å². The van der Waals surface area contributed by atoms with E-state index in [9.17, 15) is 9.18 Å². The third-order valence-corrected chi connectivity index (χ3v) is 2.80. The fraction of sp³-hybridized carbons (Fsp3) is 0.300. The molecule has 0 spiro atoms. The summed E-state index contributed by atoms with van der Waals surface area (Å²) in [5.74, 6) is 0.0668. The molecule has 0 amide bonds. The van der Waals surface area contributed by atoms with E-state index in [0.29, 0.717) is 22.3 Å². The lowest BCUT2D eigenvalue weighted by atomic mass is 10.1. The molecule has 76 valence electrons. The van der Waals surface area contributed by atoms with Crippen LogP contribution in [-0.4, -0.2) is 11.1 Å². The normalized spacial score (nSPS) is 10.2. The molecule has 0 N–H and O–H groups in total. The van der Waals surface area contributed by atoms with Crippen LogP contribution in [0.2, 0.25) is 5.02 Å². The van der Waals surface area contributed by atoms with Crippen molar-refractivity contribution >= 4 is 33.3 Å². The highest BCUT2D eigenvalue weighted by molar-refractivity contribution is 9.09. The molecule has 1 aromatic rings. The maximum atomic E-state index is 12.4. The first-order valence-electron chi connectivity index (χ1n) is 4.08. The van der Waals surface area contributed by atoms with Crippen LogP contribution in [0.1, 0.15) is 11.1 Å². The highest BCUT2D eigenvalue weighted by atomic mass is 79.9. The van der Waals surface area contributed by atoms with Crippen molar-refractivity contribution in [2.24, 2.45) is 0 Å². The molecule has 1 nitrogen and oxygen atoms in total. The van der Waals surface area contributed by atoms with Crippen molar-refractivity contribution in [3.63, 3.8) is 0 Å². The lowest BCUT2D eigenvalue weighted by Crippen LogP contribution is -2.03. The molecule has 0 fully saturated rings. The molecule has 0 aliphatic carbocycles. The van der Waals surface area contributed by atoms with Gasteiger partial charge in [-0.15, -0.1) is 0 Å². The van der Waals surface area contributed by atoms with E-state index in [1.165, 1.54) is 0 Å². The summed E-state index contributed by atoms with van der Waals surface area (Å²) in [7, 11) is 0. The molecule has 0 radical (unpaired) electrons. The van der Waals surface area contributed by atoms with E-state index in [-0.39, 0.29) is 5.78 Å². The Labute approximate surface area is 95.4 Å². The van der Waals surface area contributed by atoms with Gasteiger partial charge in [-0.1, -0.05) is 39.7 Å². The van der Waals surface area contributed by atoms with Gasteiger partial charge in [-0.05, 0) is 11.6 Å². The van der Waals surface area contributed by atoms with Crippen LogP contribution in [0, 0.1) is 0 Å². The summed E-state index contributed by atoms with van der Waals surface area (Å²) in [6.07, 6.45) is 0.315. The first-order chi connectivity index (χ1) is 6.67. The summed E-state index contributed by atoms with van der Waals surface area (Å²) >= 11 is 8.81. The van der Waals surface area contributed by atoms with Crippen molar-refractivity contribution in [1.29, 1.82) is 0 Å². The monoisotopic (exact) mass is 278 g/mol. The largest absolute Gasteiger partial charge is 0.298 e. The van der Waals surface area contributed by atoms with E-state index in [2.05, 4.69) is 15.9 Å². The maximum absolute atomic E-state index is 12.4. The molecule has 1 rings (SSSR count). The van der Waals surface area contributed by atoms with Gasteiger partial charge in [-0.2, -0.15) is 0 Å². The molecule has 0 saturated heterocycles. The van der Waals surface area contributed by atoms with Crippen LogP contribution in [0.4, 0.5) is 4.39 Å². The lowest BCUT2D eigenvalue weighted by molar-refractivity contribution is -0.115. The number of ketones is 1. The van der Waals surface area contributed by atoms with Gasteiger partial charge in [0.1, 0.15) is 12.5 Å². The Balaban J connectivity index is 2.84. The molecular weight excluding hydrogens is 270 g/mol. The summed E-state index contributed by atoms with van der Waals surface area (Å²) in [6.45, 7) is -0.602. The Morgan fingerprint density at radius 3 is 2.79 bits per heavy atom. The first-order valence-corrected chi connectivity index (χ1v) is 5.58. The van der Waals surface area contributed by atoms with E-state index in [4.69, 9.17) is 11.6 Å². The molecule has 0 heterocycles. The van der Waals surface area contributed by atoms with Gasteiger partial charge in [0.2, 0.25) is 0 Å². The van der Waals surface area contributed by atoms with Crippen LogP contribution in [0.5, 0.6) is 0 Å². The number of rotatable bonds is 4. The summed E-state index contributed by atoms with van der Waals surface area (Å²) in [6, 6.07) is 4.98. The molecule has 0 bridgehead atoms. The van der Waals surface area contributed by atoms with Crippen molar-refractivity contribution in [3.05, 3.63) is 34.3 Å². The van der Waals surface area contributed by atoms with Gasteiger partial charge in [0.15, 0.2) is 0 Å². The highest BCUT2D eigenvalue weighted by Crippen LogP contribution is 2.19. The number of halogens is 3. The van der Waals surface area contributed by atoms with E-state index in [1.54, 1.807) is 18.2 Å². The van der Waals surface area contributed by atoms with Crippen molar-refractivity contribution in [2.45, 2.75) is 13.1 Å². The Morgan fingerprint density at radius 2 is 2.21 bits per heavy atom. The van der Waals surface area contributed by atoms with Crippen molar-refractivity contribution in [2.75, 3.05) is 5.33 Å². The number of carbonyl (C=O) groups is 1. The predicted molar refractivity (Wildman–Crippen MR) is 58.8 cm³/mol. The van der Waals surface area contributed by atoms with Gasteiger partial charge in [0.05, 0.1) is 5.33 Å². The average molecular weight is 280 g/mol. The first kappa shape index (κ1) is 11.7. The molecule has 14 heavy (non-hydrogen) atoms. The summed E-state index contributed by atoms with van der Waals surface area (Å²) in [5.41, 5.74) is 1.23. The van der Waals surface area contributed by atoms with E-state index < -0.39 is 6.67 Å². The smallest absolute Gasteiger partial charge is 0.147 e. The van der Waals surface area contributed by atoms with Crippen LogP contribution in [0.25, 0.3) is 0 Å². The maximum Gasteiger partial charge on any atom is 0.147 e. The molecular formula is C10H9BrClFO. The second kappa shape index (κ2) is 5.47. The molecule has 0 aromatic heterocycles. The number of hydrogen-bond acceptors (Lipinski definition) is 1. The number of carbonyl (C=O) groups excluding carboxylic acids is 1. The molecule has 0 atom stereocenters. The van der Waals surface area contributed by atoms with Crippen molar-refractivity contribution < 1.29 is 9.18 Å². The number of benzene rings is 1. The van der Waals surface area contributed by atoms with E-state index in [1.807, 2.05) is 0 Å². The molecule has 4 heteroatoms. The summed E-state index contributed by atoms with van der Waals surface area (Å²) in [4.78, 5) is 11.1. The summed E-state index contributed by atoms with van der Waals surface area (Å²) in [5, 5.41) is 0.725. The van der Waals surface area contributed by atoms with Crippen LogP contribution < -0.4 is 0 Å². The highest BCUT2D eigenvalue weighted by Gasteiger charge is 2.05. The van der Waals surface area contributed by atoms with Gasteiger partial charge >= 0.3 is 0 Å². The third kappa shape index (κ3) is 3.07. The number of Topliss-reactive ketones (excluding diaryl/α,β-unsaturated/α-hetero) is 1. The van der Waals surface area contributed by atoms with Crippen LogP contribution in [-0.2, 0) is 17.9 Å². The minimum atomic E-state index is -0.602. The van der Waals surface area contributed by atoms with Crippen molar-refractivity contribution in [1.82, 2.24) is 0 Å². The molecule has 0 aliphatic rings. The zero-order chi connectivity index (χ0) is 10.6. The summed E-state index contributed by atoms with van der Waals surface area (Å²) < 4.78 is 12.4. The van der Waals surface area contributed by atoms with Crippen molar-refractivity contribution in [3.8, 4) is 0 Å². The standard InChI is InChI=1S/C10H9BrClFO/c11-5-9(14)4-7-1-2-10(12)8(3-7)6-13/h1-3H,4-6H2. The van der Waals surface area contributed by atoms with Gasteiger partial charge in [-0.25, -0.2) is 4.39 Å². The number of alkyl halides is 2. The molecule has 0 saturated carbocycles. The molecule has 0 aliphatic heterocycles. The SMILES string of the molecule is O=C(CBr)Cc1ccc(Cl)c(CF)c1. The quantitative estimate of drug-likeness (QED) is 0.773. The molecule has 1 aromatic carbocycles. The Hall–Kier alpha value is -0.410. The van der Waals surface area contributed by atoms with Gasteiger partial charge in [-0.3, -0.25) is 4.79 Å². The Kier molecular flexibility index (Phi) is 4.55. The zero-order valence-electron chi connectivity index (χ0n) is 7.40. The third-order valence-electron chi connectivity index (χ3n) is 1.80. The predicted octanol–water partition coefficient (Wildman–Crippen LogP) is 3.32. The minimum absolute atomic E-state index is 0.0668. The van der Waals surface area contributed by atoms with Gasteiger partial charge < -0.3 is 0 Å². The van der Waals surface area contributed by atoms with Crippen LogP contribution in [0.15, 0.2) is 18.2 Å². The topological polar surface area (TPSA) is 17.1 Å². The lowest BCUT2D eigenvalue weighted by Gasteiger charge is -2.03. The average Bonchev–Trinajstić information content (AvgIpc) is 2.20. The number of hydrogen-bond donors (Lipinski definition) is 0. The Morgan fingerprint density at radius 1 is 1.50 bits per heavy atom. The van der Waals surface area contributed by atoms with Crippen LogP contribution in [0.3, 0.4) is 0 Å². The van der Waals surface area contributed by atoms with Crippen LogP contribution >= 0.6 is 27.5 Å². The fourth-order valence-electron chi connectivity index (χ4n) is 1.12. The van der Waals surface area contributed by atoms with Gasteiger partial charge in [0, 0.05) is 17.0 Å². The fourth-order valence-corrected chi connectivity index (χ4v) is 1.48. The zero-order valence-corrected chi connectivity index (χ0v) is 9.74. The van der Waals surface area contributed by atoms with E-state index in [0.717, 1.165) is 5.56 Å². The minimum Gasteiger partial charge on any atom is -0.298 e. The second-order valence-corrected chi connectivity index (χ2v) is 3.88. The second-order valence-electron chi connectivity index (χ2n) is 2.91. The van der Waals surface area contributed by atoms with E-state index >= 15 is 0 Å². The Bertz CT molecular complexity index is 341.